The van der Waals surface area contributed by atoms with Gasteiger partial charge in [0.2, 0.25) is 5.91 Å². The average Bonchev–Trinajstić information content (AvgIpc) is 2.05. The molecule has 0 unspecified atom stereocenters. The molecule has 0 aliphatic heterocycles. The van der Waals surface area contributed by atoms with Gasteiger partial charge in [0.15, 0.2) is 0 Å². The first kappa shape index (κ1) is 10.4. The van der Waals surface area contributed by atoms with Crippen molar-refractivity contribution in [2.75, 3.05) is 0 Å². The minimum atomic E-state index is -0.198. The lowest BCUT2D eigenvalue weighted by Gasteiger charge is -1.98. The van der Waals surface area contributed by atoms with E-state index in [1.807, 2.05) is 0 Å². The Kier molecular flexibility index (Phi) is 5.35. The van der Waals surface area contributed by atoms with E-state index in [1.165, 1.54) is 6.08 Å². The molecule has 0 spiro atoms. The predicted molar refractivity (Wildman–Crippen MR) is 51.4 cm³/mol. The summed E-state index contributed by atoms with van der Waals surface area (Å²) >= 11 is 0. The van der Waals surface area contributed by atoms with Gasteiger partial charge in [0.25, 0.3) is 0 Å². The number of nitrogens with one attached hydrogen (secondary N) is 1. The lowest BCUT2D eigenvalue weighted by molar-refractivity contribution is -0.115. The zero-order valence-corrected chi connectivity index (χ0v) is 7.21. The Morgan fingerprint density at radius 2 is 2.00 bits per heavy atom. The number of amides is 1. The fourth-order valence-electron chi connectivity index (χ4n) is 0.565. The van der Waals surface area contributed by atoms with Crippen LogP contribution >= 0.6 is 0 Å². The highest BCUT2D eigenvalue weighted by atomic mass is 16.1. The second-order valence-corrected chi connectivity index (χ2v) is 2.16. The van der Waals surface area contributed by atoms with Gasteiger partial charge in [0, 0.05) is 5.70 Å². The number of carbonyl (C=O) groups is 1. The van der Waals surface area contributed by atoms with Gasteiger partial charge in [-0.1, -0.05) is 31.4 Å². The predicted octanol–water partition coefficient (Wildman–Crippen LogP) is 1.93. The van der Waals surface area contributed by atoms with Gasteiger partial charge in [-0.05, 0) is 19.1 Å². The maximum Gasteiger partial charge on any atom is 0.247 e. The second-order valence-electron chi connectivity index (χ2n) is 2.16. The molecular formula is C10H13NO. The lowest BCUT2D eigenvalue weighted by atomic mass is 10.4. The third-order valence-electron chi connectivity index (χ3n) is 1.10. The zero-order chi connectivity index (χ0) is 9.40. The first-order chi connectivity index (χ1) is 5.70. The SMILES string of the molecule is C=C/C=C\C=C(/C)NC(=O)C=C. The van der Waals surface area contributed by atoms with Crippen molar-refractivity contribution >= 4 is 5.91 Å². The molecule has 0 fully saturated rings. The molecule has 0 radical (unpaired) electrons. The van der Waals surface area contributed by atoms with Crippen LogP contribution in [0.15, 0.2) is 49.2 Å². The number of hydrogen-bond donors (Lipinski definition) is 1. The van der Waals surface area contributed by atoms with E-state index >= 15 is 0 Å². The van der Waals surface area contributed by atoms with E-state index in [9.17, 15) is 4.79 Å². The first-order valence-electron chi connectivity index (χ1n) is 3.60. The van der Waals surface area contributed by atoms with Gasteiger partial charge >= 0.3 is 0 Å². The molecule has 0 aliphatic carbocycles. The maximum absolute atomic E-state index is 10.7. The van der Waals surface area contributed by atoms with E-state index < -0.39 is 0 Å². The molecule has 2 heteroatoms. The van der Waals surface area contributed by atoms with Gasteiger partial charge in [-0.3, -0.25) is 4.79 Å². The summed E-state index contributed by atoms with van der Waals surface area (Å²) in [5.74, 6) is -0.198. The topological polar surface area (TPSA) is 29.1 Å². The van der Waals surface area contributed by atoms with Gasteiger partial charge < -0.3 is 5.32 Å². The molecule has 1 amide bonds. The number of hydrogen-bond acceptors (Lipinski definition) is 1. The smallest absolute Gasteiger partial charge is 0.247 e. The van der Waals surface area contributed by atoms with Crippen molar-refractivity contribution in [3.63, 3.8) is 0 Å². The first-order valence-corrected chi connectivity index (χ1v) is 3.60. The Labute approximate surface area is 73.0 Å². The van der Waals surface area contributed by atoms with E-state index in [4.69, 9.17) is 0 Å². The van der Waals surface area contributed by atoms with E-state index in [1.54, 1.807) is 31.2 Å². The van der Waals surface area contributed by atoms with Crippen LogP contribution in [0.1, 0.15) is 6.92 Å². The summed E-state index contributed by atoms with van der Waals surface area (Å²) in [6.07, 6.45) is 8.26. The minimum Gasteiger partial charge on any atom is -0.327 e. The molecule has 0 aromatic carbocycles. The summed E-state index contributed by atoms with van der Waals surface area (Å²) in [6, 6.07) is 0. The largest absolute Gasteiger partial charge is 0.327 e. The molecule has 0 saturated carbocycles. The second kappa shape index (κ2) is 6.16. The normalized spacial score (nSPS) is 11.2. The number of rotatable bonds is 4. The Bertz CT molecular complexity index is 236. The third-order valence-corrected chi connectivity index (χ3v) is 1.10. The zero-order valence-electron chi connectivity index (χ0n) is 7.21. The lowest BCUT2D eigenvalue weighted by Crippen LogP contribution is -2.17. The van der Waals surface area contributed by atoms with Crippen LogP contribution < -0.4 is 5.32 Å². The molecule has 0 aliphatic rings. The molecular weight excluding hydrogens is 150 g/mol. The molecule has 0 saturated heterocycles. The Balaban J connectivity index is 4.01. The summed E-state index contributed by atoms with van der Waals surface area (Å²) in [6.45, 7) is 8.65. The highest BCUT2D eigenvalue weighted by Crippen LogP contribution is 1.87. The Morgan fingerprint density at radius 3 is 2.50 bits per heavy atom. The van der Waals surface area contributed by atoms with Crippen molar-refractivity contribution in [2.24, 2.45) is 0 Å². The number of carbonyl (C=O) groups excluding carboxylic acids is 1. The van der Waals surface area contributed by atoms with Crippen LogP contribution in [0.2, 0.25) is 0 Å². The molecule has 0 atom stereocenters. The van der Waals surface area contributed by atoms with Crippen molar-refractivity contribution in [2.45, 2.75) is 6.92 Å². The van der Waals surface area contributed by atoms with E-state index in [2.05, 4.69) is 18.5 Å². The van der Waals surface area contributed by atoms with Crippen LogP contribution in [0.5, 0.6) is 0 Å². The van der Waals surface area contributed by atoms with E-state index in [-0.39, 0.29) is 5.91 Å². The standard InChI is InChI=1S/C10H13NO/c1-4-6-7-8-9(3)11-10(12)5-2/h4-8H,1-2H2,3H3,(H,11,12)/b7-6-,9-8+. The molecule has 12 heavy (non-hydrogen) atoms. The van der Waals surface area contributed by atoms with E-state index in [0.29, 0.717) is 0 Å². The molecule has 0 heterocycles. The molecule has 1 N–H and O–H groups in total. The van der Waals surface area contributed by atoms with E-state index in [0.717, 1.165) is 5.70 Å². The van der Waals surface area contributed by atoms with Crippen molar-refractivity contribution in [3.05, 3.63) is 49.2 Å². The van der Waals surface area contributed by atoms with Crippen LogP contribution in [0.4, 0.5) is 0 Å². The van der Waals surface area contributed by atoms with Gasteiger partial charge in [0.05, 0.1) is 0 Å². The Morgan fingerprint density at radius 1 is 1.33 bits per heavy atom. The third kappa shape index (κ3) is 5.23. The summed E-state index contributed by atoms with van der Waals surface area (Å²) < 4.78 is 0. The fourth-order valence-corrected chi connectivity index (χ4v) is 0.565. The number of allylic oxidation sites excluding steroid dienone is 5. The highest BCUT2D eigenvalue weighted by Gasteiger charge is 1.91. The fraction of sp³-hybridized carbons (Fsp3) is 0.100. The maximum atomic E-state index is 10.7. The van der Waals surface area contributed by atoms with Crippen LogP contribution in [-0.2, 0) is 4.79 Å². The van der Waals surface area contributed by atoms with Crippen molar-refractivity contribution < 1.29 is 4.79 Å². The van der Waals surface area contributed by atoms with Crippen LogP contribution in [-0.4, -0.2) is 5.91 Å². The van der Waals surface area contributed by atoms with Gasteiger partial charge in [0.1, 0.15) is 0 Å². The molecule has 0 aromatic heterocycles. The molecule has 0 rings (SSSR count). The van der Waals surface area contributed by atoms with Crippen LogP contribution in [0, 0.1) is 0 Å². The van der Waals surface area contributed by atoms with Crippen molar-refractivity contribution in [3.8, 4) is 0 Å². The van der Waals surface area contributed by atoms with Crippen molar-refractivity contribution in [1.29, 1.82) is 0 Å². The van der Waals surface area contributed by atoms with Crippen molar-refractivity contribution in [1.82, 2.24) is 5.32 Å². The summed E-state index contributed by atoms with van der Waals surface area (Å²) in [5.41, 5.74) is 0.776. The van der Waals surface area contributed by atoms with Crippen LogP contribution in [0.25, 0.3) is 0 Å². The van der Waals surface area contributed by atoms with Gasteiger partial charge in [-0.15, -0.1) is 0 Å². The monoisotopic (exact) mass is 163 g/mol. The summed E-state index contributed by atoms with van der Waals surface area (Å²) in [5, 5.41) is 2.61. The van der Waals surface area contributed by atoms with Gasteiger partial charge in [-0.25, -0.2) is 0 Å². The summed E-state index contributed by atoms with van der Waals surface area (Å²) in [4.78, 5) is 10.7. The minimum absolute atomic E-state index is 0.198. The van der Waals surface area contributed by atoms with Crippen LogP contribution in [0.3, 0.4) is 0 Å². The highest BCUT2D eigenvalue weighted by molar-refractivity contribution is 5.88. The quantitative estimate of drug-likeness (QED) is 0.498. The average molecular weight is 163 g/mol. The Hall–Kier alpha value is -1.57. The summed E-state index contributed by atoms with van der Waals surface area (Å²) in [7, 11) is 0. The van der Waals surface area contributed by atoms with Gasteiger partial charge in [-0.2, -0.15) is 0 Å². The molecule has 0 aromatic rings. The molecule has 64 valence electrons. The molecule has 0 bridgehead atoms. The molecule has 2 nitrogen and oxygen atoms in total.